The molecule has 2 unspecified atom stereocenters. The number of hydrogen-bond donors (Lipinski definition) is 0. The number of fused-ring (bicyclic) bond motifs is 2. The van der Waals surface area contributed by atoms with E-state index in [4.69, 9.17) is 12.2 Å². The molecule has 2 fully saturated rings. The van der Waals surface area contributed by atoms with Crippen LogP contribution in [0.1, 0.15) is 33.1 Å². The highest BCUT2D eigenvalue weighted by atomic mass is 79.9. The second-order valence-electron chi connectivity index (χ2n) is 4.90. The molecule has 0 heterocycles. The quantitative estimate of drug-likeness (QED) is 0.504. The topological polar surface area (TPSA) is 0 Å². The van der Waals surface area contributed by atoms with Crippen molar-refractivity contribution in [3.8, 4) is 0 Å². The molecule has 2 aliphatic carbocycles. The van der Waals surface area contributed by atoms with Crippen LogP contribution in [-0.2, 0) is 0 Å². The van der Waals surface area contributed by atoms with Gasteiger partial charge in [-0.2, -0.15) is 0 Å². The zero-order valence-corrected chi connectivity index (χ0v) is 10.1. The van der Waals surface area contributed by atoms with Crippen molar-refractivity contribution in [2.75, 3.05) is 5.33 Å². The number of alkyl halides is 1. The Morgan fingerprint density at radius 1 is 1.58 bits per heavy atom. The van der Waals surface area contributed by atoms with Crippen molar-refractivity contribution < 1.29 is 0 Å². The standard InChI is InChI=1S/C10H15BrS/c1-9(2)7-3-4-10(5-7,6-11)8(9)12/h7H,3-6H2,1-2H3. The fourth-order valence-corrected chi connectivity index (χ4v) is 4.40. The van der Waals surface area contributed by atoms with Gasteiger partial charge in [0.25, 0.3) is 0 Å². The number of halogens is 1. The summed E-state index contributed by atoms with van der Waals surface area (Å²) in [6, 6.07) is 0. The Labute approximate surface area is 88.2 Å². The van der Waals surface area contributed by atoms with E-state index < -0.39 is 0 Å². The first-order chi connectivity index (χ1) is 5.53. The average molecular weight is 247 g/mol. The monoisotopic (exact) mass is 246 g/mol. The first kappa shape index (κ1) is 9.14. The second kappa shape index (κ2) is 2.54. The molecule has 2 rings (SSSR count). The molecule has 0 saturated heterocycles. The molecule has 2 atom stereocenters. The third kappa shape index (κ3) is 0.913. The van der Waals surface area contributed by atoms with E-state index in [9.17, 15) is 0 Å². The molecule has 0 nitrogen and oxygen atoms in total. The van der Waals surface area contributed by atoms with E-state index in [0.717, 1.165) is 11.2 Å². The van der Waals surface area contributed by atoms with Crippen LogP contribution in [0.15, 0.2) is 0 Å². The van der Waals surface area contributed by atoms with Crippen molar-refractivity contribution in [2.45, 2.75) is 33.1 Å². The van der Waals surface area contributed by atoms with Crippen molar-refractivity contribution in [3.63, 3.8) is 0 Å². The summed E-state index contributed by atoms with van der Waals surface area (Å²) in [4.78, 5) is 1.34. The lowest BCUT2D eigenvalue weighted by molar-refractivity contribution is 0.337. The molecule has 2 aliphatic rings. The lowest BCUT2D eigenvalue weighted by Crippen LogP contribution is -2.36. The van der Waals surface area contributed by atoms with Crippen LogP contribution >= 0.6 is 28.1 Å². The van der Waals surface area contributed by atoms with Crippen LogP contribution in [0.5, 0.6) is 0 Å². The molecule has 2 saturated carbocycles. The number of thiocarbonyl (C=S) groups is 1. The summed E-state index contributed by atoms with van der Waals surface area (Å²) in [5.41, 5.74) is 0.727. The molecule has 0 spiro atoms. The van der Waals surface area contributed by atoms with Gasteiger partial charge in [0.2, 0.25) is 0 Å². The minimum Gasteiger partial charge on any atom is -0.0918 e. The van der Waals surface area contributed by atoms with Gasteiger partial charge in [-0.15, -0.1) is 0 Å². The van der Waals surface area contributed by atoms with Gasteiger partial charge in [0.05, 0.1) is 0 Å². The summed E-state index contributed by atoms with van der Waals surface area (Å²) in [5.74, 6) is 0.863. The molecule has 2 heteroatoms. The second-order valence-corrected chi connectivity index (χ2v) is 5.87. The fraction of sp³-hybridized carbons (Fsp3) is 0.900. The van der Waals surface area contributed by atoms with Gasteiger partial charge in [0, 0.05) is 15.6 Å². The zero-order valence-electron chi connectivity index (χ0n) is 7.69. The van der Waals surface area contributed by atoms with E-state index in [2.05, 4.69) is 29.8 Å². The van der Waals surface area contributed by atoms with Crippen LogP contribution in [0.25, 0.3) is 0 Å². The van der Waals surface area contributed by atoms with Crippen LogP contribution in [0.4, 0.5) is 0 Å². The summed E-state index contributed by atoms with van der Waals surface area (Å²) in [6.45, 7) is 4.65. The van der Waals surface area contributed by atoms with Gasteiger partial charge in [0.15, 0.2) is 0 Å². The fourth-order valence-electron chi connectivity index (χ4n) is 3.00. The maximum atomic E-state index is 5.59. The van der Waals surface area contributed by atoms with E-state index in [1.54, 1.807) is 0 Å². The van der Waals surface area contributed by atoms with Crippen LogP contribution in [-0.4, -0.2) is 10.2 Å². The highest BCUT2D eigenvalue weighted by Gasteiger charge is 2.57. The lowest BCUT2D eigenvalue weighted by atomic mass is 9.72. The third-order valence-electron chi connectivity index (χ3n) is 3.95. The maximum Gasteiger partial charge on any atom is 0.0134 e. The van der Waals surface area contributed by atoms with E-state index >= 15 is 0 Å². The molecule has 0 N–H and O–H groups in total. The van der Waals surface area contributed by atoms with Gasteiger partial charge < -0.3 is 0 Å². The number of hydrogen-bond acceptors (Lipinski definition) is 1. The van der Waals surface area contributed by atoms with Crippen molar-refractivity contribution in [1.82, 2.24) is 0 Å². The zero-order chi connectivity index (χ0) is 8.98. The minimum absolute atomic E-state index is 0.335. The van der Waals surface area contributed by atoms with Crippen molar-refractivity contribution in [3.05, 3.63) is 0 Å². The number of rotatable bonds is 1. The molecule has 0 aromatic rings. The Bertz CT molecular complexity index is 234. The van der Waals surface area contributed by atoms with Crippen LogP contribution in [0, 0.1) is 16.7 Å². The molecular weight excluding hydrogens is 232 g/mol. The van der Waals surface area contributed by atoms with E-state index in [0.29, 0.717) is 10.8 Å². The van der Waals surface area contributed by atoms with Crippen LogP contribution in [0.3, 0.4) is 0 Å². The van der Waals surface area contributed by atoms with Crippen molar-refractivity contribution >= 4 is 33.0 Å². The average Bonchev–Trinajstić information content (AvgIpc) is 2.53. The van der Waals surface area contributed by atoms with E-state index in [1.165, 1.54) is 24.1 Å². The molecule has 0 amide bonds. The van der Waals surface area contributed by atoms with Gasteiger partial charge in [-0.25, -0.2) is 0 Å². The first-order valence-corrected chi connectivity index (χ1v) is 6.17. The Kier molecular flexibility index (Phi) is 1.93. The van der Waals surface area contributed by atoms with Crippen LogP contribution in [0.2, 0.25) is 0 Å². The SMILES string of the molecule is CC1(C)C(=S)C2(CBr)CCC1C2. The van der Waals surface area contributed by atoms with Crippen LogP contribution < -0.4 is 0 Å². The molecule has 2 bridgehead atoms. The Morgan fingerprint density at radius 3 is 2.58 bits per heavy atom. The summed E-state index contributed by atoms with van der Waals surface area (Å²) in [5, 5.41) is 1.08. The predicted octanol–water partition coefficient (Wildman–Crippen LogP) is 3.58. The molecule has 68 valence electrons. The largest absolute Gasteiger partial charge is 0.0918 e. The van der Waals surface area contributed by atoms with Crippen molar-refractivity contribution in [1.29, 1.82) is 0 Å². The van der Waals surface area contributed by atoms with Gasteiger partial charge in [-0.05, 0) is 30.6 Å². The molecule has 0 aliphatic heterocycles. The molecule has 0 aromatic heterocycles. The summed E-state index contributed by atoms with van der Waals surface area (Å²) in [7, 11) is 0. The first-order valence-electron chi connectivity index (χ1n) is 4.64. The normalized spacial score (nSPS) is 43.9. The Balaban J connectivity index is 2.38. The molecule has 0 radical (unpaired) electrons. The molecular formula is C10H15BrS. The molecule has 0 aromatic carbocycles. The van der Waals surface area contributed by atoms with Crippen molar-refractivity contribution in [2.24, 2.45) is 16.7 Å². The lowest BCUT2D eigenvalue weighted by Gasteiger charge is -2.35. The van der Waals surface area contributed by atoms with Gasteiger partial charge in [-0.1, -0.05) is 42.0 Å². The predicted molar refractivity (Wildman–Crippen MR) is 59.9 cm³/mol. The smallest absolute Gasteiger partial charge is 0.0134 e. The maximum absolute atomic E-state index is 5.59. The van der Waals surface area contributed by atoms with Gasteiger partial charge >= 0.3 is 0 Å². The Hall–Kier alpha value is 0.570. The van der Waals surface area contributed by atoms with Gasteiger partial charge in [0.1, 0.15) is 0 Å². The Morgan fingerprint density at radius 2 is 2.25 bits per heavy atom. The summed E-state index contributed by atoms with van der Waals surface area (Å²) >= 11 is 9.21. The highest BCUT2D eigenvalue weighted by molar-refractivity contribution is 9.09. The molecule has 12 heavy (non-hydrogen) atoms. The van der Waals surface area contributed by atoms with E-state index in [-0.39, 0.29) is 0 Å². The highest BCUT2D eigenvalue weighted by Crippen LogP contribution is 2.61. The summed E-state index contributed by atoms with van der Waals surface area (Å²) < 4.78 is 0. The van der Waals surface area contributed by atoms with Gasteiger partial charge in [-0.3, -0.25) is 0 Å². The third-order valence-corrected chi connectivity index (χ3v) is 5.98. The summed E-state index contributed by atoms with van der Waals surface area (Å²) in [6.07, 6.45) is 4.05. The van der Waals surface area contributed by atoms with E-state index in [1.807, 2.05) is 0 Å². The minimum atomic E-state index is 0.335.